The molecule has 0 unspecified atom stereocenters. The molecule has 0 atom stereocenters. The van der Waals surface area contributed by atoms with Crippen LogP contribution >= 0.6 is 0 Å². The molecule has 0 aromatic carbocycles. The Morgan fingerprint density at radius 3 is 1.00 bits per heavy atom. The van der Waals surface area contributed by atoms with Crippen LogP contribution < -0.4 is 32.9 Å². The van der Waals surface area contributed by atoms with Gasteiger partial charge in [-0.25, -0.2) is 64.8 Å². The molecule has 0 aliphatic carbocycles. The van der Waals surface area contributed by atoms with Gasteiger partial charge in [0.05, 0.1) is 11.4 Å². The molecule has 16 nitrogen and oxygen atoms in total. The molecule has 0 N–H and O–H groups in total. The van der Waals surface area contributed by atoms with E-state index in [1.54, 1.807) is 0 Å². The van der Waals surface area contributed by atoms with Gasteiger partial charge in [-0.3, -0.25) is 0 Å². The first-order valence-corrected chi connectivity index (χ1v) is 11.8. The summed E-state index contributed by atoms with van der Waals surface area (Å²) in [6.45, 7) is 0. The number of aromatic nitrogens is 7. The molecule has 4 aromatic heterocycles. The Morgan fingerprint density at radius 2 is 0.714 bits per heavy atom. The number of hydrogen-bond acceptors (Lipinski definition) is 16. The normalized spacial score (nSPS) is 13.2. The lowest BCUT2D eigenvalue weighted by Gasteiger charge is -2.09. The lowest BCUT2D eigenvalue weighted by Crippen LogP contribution is -2.27. The fourth-order valence-electron chi connectivity index (χ4n) is 4.07. The van der Waals surface area contributed by atoms with E-state index in [9.17, 15) is 15.8 Å². The first-order chi connectivity index (χ1) is 20.6. The second-order valence-corrected chi connectivity index (χ2v) is 8.34. The summed E-state index contributed by atoms with van der Waals surface area (Å²) in [6.07, 6.45) is 8.72. The van der Waals surface area contributed by atoms with Crippen molar-refractivity contribution in [2.45, 2.75) is 0 Å². The average molecular weight is 544 g/mol. The van der Waals surface area contributed by atoms with Gasteiger partial charge in [-0.2, -0.15) is 15.8 Å². The summed E-state index contributed by atoms with van der Waals surface area (Å²) in [7, 11) is 0. The zero-order valence-corrected chi connectivity index (χ0v) is 20.8. The van der Waals surface area contributed by atoms with E-state index in [-0.39, 0.29) is 84.1 Å². The molecule has 7 rings (SSSR count). The van der Waals surface area contributed by atoms with Gasteiger partial charge in [-0.05, 0) is 12.1 Å². The van der Waals surface area contributed by atoms with Crippen LogP contribution in [0.2, 0.25) is 0 Å². The fraction of sp³-hybridized carbons (Fsp3) is 0. The molecule has 7 heterocycles. The molecule has 0 spiro atoms. The van der Waals surface area contributed by atoms with Crippen molar-refractivity contribution in [1.82, 2.24) is 34.9 Å². The number of hydrogen-bond donors (Lipinski definition) is 0. The lowest BCUT2D eigenvalue weighted by atomic mass is 10.0. The molecule has 0 radical (unpaired) electrons. The van der Waals surface area contributed by atoms with Gasteiger partial charge < -0.3 is 0 Å². The van der Waals surface area contributed by atoms with Crippen LogP contribution in [0.25, 0.3) is 16.7 Å². The number of allylic oxidation sites excluding steroid dienone is 3. The molecule has 3 aliphatic rings. The van der Waals surface area contributed by atoms with Gasteiger partial charge in [0.2, 0.25) is 0 Å². The second-order valence-electron chi connectivity index (χ2n) is 8.34. The van der Waals surface area contributed by atoms with Crippen LogP contribution in [0.4, 0.5) is 0 Å². The lowest BCUT2D eigenvalue weighted by molar-refractivity contribution is 1.04. The van der Waals surface area contributed by atoms with Crippen molar-refractivity contribution >= 4 is 16.7 Å². The molecule has 0 saturated heterocycles. The smallest absolute Gasteiger partial charge is 0.199 e. The number of nitrogens with zero attached hydrogens (tertiary/aromatic N) is 16. The van der Waals surface area contributed by atoms with E-state index >= 15 is 0 Å². The molecule has 0 amide bonds. The highest BCUT2D eigenvalue weighted by atomic mass is 15.1. The molecule has 42 heavy (non-hydrogen) atoms. The van der Waals surface area contributed by atoms with Gasteiger partial charge in [0.25, 0.3) is 0 Å². The summed E-state index contributed by atoms with van der Waals surface area (Å²) in [4.78, 5) is 55.2. The maximum absolute atomic E-state index is 10.2. The number of nitriles is 3. The van der Waals surface area contributed by atoms with Gasteiger partial charge in [-0.1, -0.05) is 0 Å². The maximum atomic E-state index is 10.2. The van der Waals surface area contributed by atoms with Gasteiger partial charge >= 0.3 is 0 Å². The molecule has 4 aromatic rings. The Balaban J connectivity index is 1.50. The van der Waals surface area contributed by atoms with E-state index in [4.69, 9.17) is 0 Å². The minimum absolute atomic E-state index is 0.0127. The Morgan fingerprint density at radius 1 is 0.429 bits per heavy atom. The van der Waals surface area contributed by atoms with Crippen LogP contribution in [0.15, 0.2) is 96.7 Å². The Bertz CT molecular complexity index is 2100. The summed E-state index contributed by atoms with van der Waals surface area (Å²) in [5, 5.41) is 30.6. The first kappa shape index (κ1) is 24.0. The fourth-order valence-corrected chi connectivity index (χ4v) is 4.07. The molecular formula is C26H8N16. The number of rotatable bonds is 3. The van der Waals surface area contributed by atoms with Gasteiger partial charge in [-0.15, -0.1) is 0 Å². The number of pyridine rings is 1. The van der Waals surface area contributed by atoms with Crippen molar-refractivity contribution < 1.29 is 0 Å². The topological polar surface area (TPSA) is 236 Å². The predicted octanol–water partition coefficient (Wildman–Crippen LogP) is -2.11. The van der Waals surface area contributed by atoms with Gasteiger partial charge in [0.15, 0.2) is 50.4 Å². The van der Waals surface area contributed by atoms with E-state index in [1.165, 1.54) is 49.3 Å². The van der Waals surface area contributed by atoms with Crippen molar-refractivity contribution in [3.8, 4) is 18.2 Å². The molecule has 0 saturated carbocycles. The molecule has 0 fully saturated rings. The molecular weight excluding hydrogens is 536 g/mol. The third kappa shape index (κ3) is 3.96. The van der Waals surface area contributed by atoms with Crippen molar-refractivity contribution in [3.05, 3.63) is 117 Å². The highest BCUT2D eigenvalue weighted by Crippen LogP contribution is 2.29. The minimum Gasteiger partial charge on any atom is -0.246 e. The van der Waals surface area contributed by atoms with E-state index in [2.05, 4.69) is 83.0 Å². The summed E-state index contributed by atoms with van der Waals surface area (Å²) in [6, 6.07) is 9.21. The summed E-state index contributed by atoms with van der Waals surface area (Å²) in [5.41, 5.74) is 1.70. The average Bonchev–Trinajstić information content (AvgIpc) is 3.75. The van der Waals surface area contributed by atoms with Crippen LogP contribution in [-0.4, -0.2) is 34.9 Å². The molecule has 0 bridgehead atoms. The Hall–Kier alpha value is -7.12. The maximum Gasteiger partial charge on any atom is 0.199 e. The van der Waals surface area contributed by atoms with E-state index in [0.717, 1.165) is 0 Å². The van der Waals surface area contributed by atoms with Crippen molar-refractivity contribution in [1.29, 1.82) is 15.8 Å². The zero-order valence-electron chi connectivity index (χ0n) is 20.8. The third-order valence-corrected chi connectivity index (χ3v) is 5.88. The van der Waals surface area contributed by atoms with Gasteiger partial charge in [0, 0.05) is 42.7 Å². The standard InChI is InChI=1S/C26H8N16/c27-9-13(18-37-21-22(38-18)31-2-1-30-21)12-7-16(14(10-28)19-39-23-24(40-19)33-4-3-32-23)36-17(8-12)15(11-29)20-41-25-26(42-20)35-6-5-34-25/h1-8H. The van der Waals surface area contributed by atoms with E-state index in [0.29, 0.717) is 0 Å². The third-order valence-electron chi connectivity index (χ3n) is 5.88. The summed E-state index contributed by atoms with van der Waals surface area (Å²) >= 11 is 0. The number of fused-ring (bicyclic) bond motifs is 3. The van der Waals surface area contributed by atoms with Crippen molar-refractivity contribution in [2.24, 2.45) is 30.0 Å². The zero-order chi connectivity index (χ0) is 28.6. The van der Waals surface area contributed by atoms with Crippen molar-refractivity contribution in [3.63, 3.8) is 0 Å². The minimum atomic E-state index is -0.0543. The van der Waals surface area contributed by atoms with Crippen LogP contribution in [0, 0.1) is 34.0 Å². The predicted molar refractivity (Wildman–Crippen MR) is 135 cm³/mol. The van der Waals surface area contributed by atoms with Crippen LogP contribution in [0.1, 0.15) is 17.0 Å². The van der Waals surface area contributed by atoms with Crippen LogP contribution in [0.3, 0.4) is 0 Å². The van der Waals surface area contributed by atoms with E-state index in [1.807, 2.05) is 0 Å². The highest BCUT2D eigenvalue weighted by Gasteiger charge is 2.22. The highest BCUT2D eigenvalue weighted by molar-refractivity contribution is 5.87. The van der Waals surface area contributed by atoms with E-state index < -0.39 is 0 Å². The molecule has 3 aliphatic heterocycles. The monoisotopic (exact) mass is 544 g/mol. The largest absolute Gasteiger partial charge is 0.246 e. The molecule has 16 heteroatoms. The molecule has 192 valence electrons. The summed E-state index contributed by atoms with van der Waals surface area (Å²) < 4.78 is 0. The van der Waals surface area contributed by atoms with Crippen LogP contribution in [-0.2, 0) is 0 Å². The SMILES string of the molecule is N#CC(=C1N=c2nccnc2=N1)c1cc(C(C#N)=C2N=c3nccnc3=N2)nc(C(C#N)=C2N=c3nccnc3=N2)c1. The summed E-state index contributed by atoms with van der Waals surface area (Å²) in [5.74, 6) is 0.0728. The Kier molecular flexibility index (Phi) is 5.46. The van der Waals surface area contributed by atoms with Gasteiger partial charge in [0.1, 0.15) is 34.9 Å². The quantitative estimate of drug-likeness (QED) is 0.254. The Labute approximate surface area is 232 Å². The second kappa shape index (κ2) is 9.57. The van der Waals surface area contributed by atoms with Crippen LogP contribution in [0.5, 0.6) is 0 Å². The van der Waals surface area contributed by atoms with Crippen molar-refractivity contribution in [2.75, 3.05) is 0 Å². The first-order valence-electron chi connectivity index (χ1n) is 11.8.